The highest BCUT2D eigenvalue weighted by molar-refractivity contribution is 6.31. The standard InChI is InChI=1S/C15H12Cl2FN3/c16-10-2-1-3-11(7-10)21-14(8-20-15(21)19)9-4-5-12(17)13(18)6-9/h1-7,14H,8H2,(H2,19,20). The minimum Gasteiger partial charge on any atom is -0.369 e. The summed E-state index contributed by atoms with van der Waals surface area (Å²) >= 11 is 11.8. The zero-order valence-electron chi connectivity index (χ0n) is 10.9. The van der Waals surface area contributed by atoms with Gasteiger partial charge in [0.25, 0.3) is 0 Å². The zero-order valence-corrected chi connectivity index (χ0v) is 12.4. The van der Waals surface area contributed by atoms with Gasteiger partial charge in [0.05, 0.1) is 17.6 Å². The lowest BCUT2D eigenvalue weighted by atomic mass is 10.1. The highest BCUT2D eigenvalue weighted by Crippen LogP contribution is 2.33. The number of benzene rings is 2. The van der Waals surface area contributed by atoms with E-state index in [1.54, 1.807) is 18.2 Å². The summed E-state index contributed by atoms with van der Waals surface area (Å²) in [6.07, 6.45) is 0. The first-order valence-electron chi connectivity index (χ1n) is 6.36. The van der Waals surface area contributed by atoms with Crippen molar-refractivity contribution in [3.8, 4) is 0 Å². The Morgan fingerprint density at radius 1 is 1.19 bits per heavy atom. The van der Waals surface area contributed by atoms with Crippen LogP contribution in [0.3, 0.4) is 0 Å². The molecule has 0 amide bonds. The van der Waals surface area contributed by atoms with Gasteiger partial charge in [0.15, 0.2) is 5.96 Å². The molecule has 21 heavy (non-hydrogen) atoms. The van der Waals surface area contributed by atoms with Gasteiger partial charge in [-0.3, -0.25) is 4.99 Å². The fraction of sp³-hybridized carbons (Fsp3) is 0.133. The molecular formula is C15H12Cl2FN3. The summed E-state index contributed by atoms with van der Waals surface area (Å²) in [5, 5.41) is 0.702. The Hall–Kier alpha value is -1.78. The molecule has 2 aromatic carbocycles. The van der Waals surface area contributed by atoms with E-state index in [9.17, 15) is 4.39 Å². The predicted octanol–water partition coefficient (Wildman–Crippen LogP) is 4.01. The predicted molar refractivity (Wildman–Crippen MR) is 84.6 cm³/mol. The van der Waals surface area contributed by atoms with Crippen molar-refractivity contribution in [2.24, 2.45) is 10.7 Å². The molecule has 6 heteroatoms. The molecule has 0 fully saturated rings. The second kappa shape index (κ2) is 5.54. The molecule has 0 radical (unpaired) electrons. The zero-order chi connectivity index (χ0) is 15.0. The summed E-state index contributed by atoms with van der Waals surface area (Å²) in [6, 6.07) is 11.9. The highest BCUT2D eigenvalue weighted by atomic mass is 35.5. The van der Waals surface area contributed by atoms with Gasteiger partial charge in [0.2, 0.25) is 0 Å². The number of aliphatic imine (C=N–C) groups is 1. The summed E-state index contributed by atoms with van der Waals surface area (Å²) in [5.74, 6) is -0.0664. The van der Waals surface area contributed by atoms with Crippen molar-refractivity contribution < 1.29 is 4.39 Å². The van der Waals surface area contributed by atoms with Gasteiger partial charge in [-0.15, -0.1) is 0 Å². The van der Waals surface area contributed by atoms with Crippen LogP contribution in [0.25, 0.3) is 0 Å². The monoisotopic (exact) mass is 323 g/mol. The third-order valence-corrected chi connectivity index (χ3v) is 3.94. The van der Waals surface area contributed by atoms with Gasteiger partial charge in [-0.2, -0.15) is 0 Å². The van der Waals surface area contributed by atoms with Gasteiger partial charge in [-0.1, -0.05) is 35.3 Å². The SMILES string of the molecule is NC1=NCC(c2ccc(Cl)c(F)c2)N1c1cccc(Cl)c1. The molecule has 0 saturated carbocycles. The van der Waals surface area contributed by atoms with Crippen LogP contribution in [-0.4, -0.2) is 12.5 Å². The molecule has 0 saturated heterocycles. The van der Waals surface area contributed by atoms with Crippen molar-refractivity contribution in [3.63, 3.8) is 0 Å². The maximum absolute atomic E-state index is 13.7. The van der Waals surface area contributed by atoms with Crippen LogP contribution < -0.4 is 10.6 Å². The molecule has 3 nitrogen and oxygen atoms in total. The number of guanidine groups is 1. The van der Waals surface area contributed by atoms with E-state index in [2.05, 4.69) is 4.99 Å². The van der Waals surface area contributed by atoms with Crippen LogP contribution in [0.4, 0.5) is 10.1 Å². The summed E-state index contributed by atoms with van der Waals surface area (Å²) in [4.78, 5) is 6.10. The summed E-state index contributed by atoms with van der Waals surface area (Å²) in [5.41, 5.74) is 7.56. The normalized spacial score (nSPS) is 18.0. The Kier molecular flexibility index (Phi) is 3.74. The first-order valence-corrected chi connectivity index (χ1v) is 7.11. The van der Waals surface area contributed by atoms with E-state index in [-0.39, 0.29) is 11.1 Å². The molecule has 1 aliphatic heterocycles. The smallest absolute Gasteiger partial charge is 0.196 e. The van der Waals surface area contributed by atoms with Crippen molar-refractivity contribution >= 4 is 34.8 Å². The summed E-state index contributed by atoms with van der Waals surface area (Å²) < 4.78 is 13.7. The fourth-order valence-corrected chi connectivity index (χ4v) is 2.71. The lowest BCUT2D eigenvalue weighted by molar-refractivity contribution is 0.622. The average Bonchev–Trinajstić information content (AvgIpc) is 2.84. The lowest BCUT2D eigenvalue weighted by Crippen LogP contribution is -2.36. The fourth-order valence-electron chi connectivity index (χ4n) is 2.41. The van der Waals surface area contributed by atoms with Crippen LogP contribution >= 0.6 is 23.2 Å². The van der Waals surface area contributed by atoms with Gasteiger partial charge in [0, 0.05) is 10.7 Å². The van der Waals surface area contributed by atoms with E-state index in [4.69, 9.17) is 28.9 Å². The maximum atomic E-state index is 13.7. The molecule has 3 rings (SSSR count). The quantitative estimate of drug-likeness (QED) is 0.907. The molecule has 1 aliphatic rings. The lowest BCUT2D eigenvalue weighted by Gasteiger charge is -2.27. The Morgan fingerprint density at radius 3 is 2.71 bits per heavy atom. The van der Waals surface area contributed by atoms with Crippen LogP contribution in [0.5, 0.6) is 0 Å². The number of hydrogen-bond acceptors (Lipinski definition) is 3. The molecule has 0 aromatic heterocycles. The Labute approximate surface area is 131 Å². The van der Waals surface area contributed by atoms with Gasteiger partial charge in [0.1, 0.15) is 5.82 Å². The minimum atomic E-state index is -0.453. The minimum absolute atomic E-state index is 0.0972. The van der Waals surface area contributed by atoms with Gasteiger partial charge in [-0.25, -0.2) is 4.39 Å². The van der Waals surface area contributed by atoms with Crippen LogP contribution in [0.2, 0.25) is 10.0 Å². The number of hydrogen-bond donors (Lipinski definition) is 1. The van der Waals surface area contributed by atoms with Crippen molar-refractivity contribution in [2.75, 3.05) is 11.4 Å². The highest BCUT2D eigenvalue weighted by Gasteiger charge is 2.29. The second-order valence-corrected chi connectivity index (χ2v) is 5.58. The first kappa shape index (κ1) is 14.2. The Bertz CT molecular complexity index is 718. The third kappa shape index (κ3) is 2.69. The number of rotatable bonds is 2. The van der Waals surface area contributed by atoms with Gasteiger partial charge in [-0.05, 0) is 35.9 Å². The van der Waals surface area contributed by atoms with Crippen LogP contribution in [0.15, 0.2) is 47.5 Å². The van der Waals surface area contributed by atoms with Crippen LogP contribution in [0.1, 0.15) is 11.6 Å². The molecule has 0 spiro atoms. The topological polar surface area (TPSA) is 41.6 Å². The van der Waals surface area contributed by atoms with E-state index in [0.29, 0.717) is 17.5 Å². The largest absolute Gasteiger partial charge is 0.369 e. The number of anilines is 1. The molecule has 2 aromatic rings. The second-order valence-electron chi connectivity index (χ2n) is 4.74. The van der Waals surface area contributed by atoms with E-state index in [1.165, 1.54) is 12.1 Å². The third-order valence-electron chi connectivity index (χ3n) is 3.40. The Balaban J connectivity index is 2.00. The molecule has 1 unspecified atom stereocenters. The van der Waals surface area contributed by atoms with E-state index < -0.39 is 5.82 Å². The molecule has 2 N–H and O–H groups in total. The van der Waals surface area contributed by atoms with E-state index in [1.807, 2.05) is 17.0 Å². The number of nitrogens with zero attached hydrogens (tertiary/aromatic N) is 2. The number of nitrogens with two attached hydrogens (primary N) is 1. The van der Waals surface area contributed by atoms with Crippen molar-refractivity contribution in [3.05, 3.63) is 63.9 Å². The maximum Gasteiger partial charge on any atom is 0.196 e. The Morgan fingerprint density at radius 2 is 2.00 bits per heavy atom. The molecule has 0 aliphatic carbocycles. The van der Waals surface area contributed by atoms with Crippen molar-refractivity contribution in [2.45, 2.75) is 6.04 Å². The summed E-state index contributed by atoms with van der Waals surface area (Å²) in [7, 11) is 0. The van der Waals surface area contributed by atoms with Crippen LogP contribution in [-0.2, 0) is 0 Å². The number of halogens is 3. The van der Waals surface area contributed by atoms with E-state index in [0.717, 1.165) is 11.3 Å². The van der Waals surface area contributed by atoms with Crippen LogP contribution in [0, 0.1) is 5.82 Å². The van der Waals surface area contributed by atoms with Crippen molar-refractivity contribution in [1.29, 1.82) is 0 Å². The molecule has 0 bridgehead atoms. The molecule has 108 valence electrons. The van der Waals surface area contributed by atoms with Crippen molar-refractivity contribution in [1.82, 2.24) is 0 Å². The average molecular weight is 324 g/mol. The molecule has 1 heterocycles. The summed E-state index contributed by atoms with van der Waals surface area (Å²) in [6.45, 7) is 0.458. The van der Waals surface area contributed by atoms with Gasteiger partial charge < -0.3 is 10.6 Å². The van der Waals surface area contributed by atoms with E-state index >= 15 is 0 Å². The first-order chi connectivity index (χ1) is 10.1. The molecular weight excluding hydrogens is 312 g/mol. The molecule has 1 atom stereocenters. The van der Waals surface area contributed by atoms with Gasteiger partial charge >= 0.3 is 0 Å².